The predicted molar refractivity (Wildman–Crippen MR) is 88.1 cm³/mol. The summed E-state index contributed by atoms with van der Waals surface area (Å²) in [6.07, 6.45) is 1.59. The van der Waals surface area contributed by atoms with Gasteiger partial charge in [0.1, 0.15) is 22.1 Å². The normalized spacial score (nSPS) is 14.8. The summed E-state index contributed by atoms with van der Waals surface area (Å²) in [4.78, 5) is 26.4. The highest BCUT2D eigenvalue weighted by Gasteiger charge is 2.30. The van der Waals surface area contributed by atoms with Crippen LogP contribution in [-0.2, 0) is 4.74 Å². The molecule has 0 aliphatic carbocycles. The minimum absolute atomic E-state index is 0.0131. The van der Waals surface area contributed by atoms with Gasteiger partial charge >= 0.3 is 5.97 Å². The lowest BCUT2D eigenvalue weighted by molar-refractivity contribution is 0.0715. The summed E-state index contributed by atoms with van der Waals surface area (Å²) in [6, 6.07) is 4.98. The van der Waals surface area contributed by atoms with Crippen molar-refractivity contribution in [1.82, 2.24) is 4.98 Å². The average Bonchev–Trinajstić information content (AvgIpc) is 2.79. The van der Waals surface area contributed by atoms with Crippen LogP contribution in [0.5, 0.6) is 5.75 Å². The van der Waals surface area contributed by atoms with Gasteiger partial charge in [0.2, 0.25) is 0 Å². The van der Waals surface area contributed by atoms with Gasteiger partial charge in [-0.2, -0.15) is 0 Å². The number of ether oxygens (including phenoxy) is 2. The Morgan fingerprint density at radius 1 is 1.26 bits per heavy atom. The largest absolute Gasteiger partial charge is 0.495 e. The third kappa shape index (κ3) is 2.62. The number of pyridine rings is 1. The number of hydrogen-bond acceptors (Lipinski definition) is 4. The van der Waals surface area contributed by atoms with E-state index in [-0.39, 0.29) is 16.3 Å². The van der Waals surface area contributed by atoms with Gasteiger partial charge in [-0.3, -0.25) is 4.79 Å². The lowest BCUT2D eigenvalue weighted by atomic mass is 10.1. The number of nitrogens with one attached hydrogen (secondary N) is 1. The van der Waals surface area contributed by atoms with E-state index in [1.165, 1.54) is 7.11 Å². The molecule has 118 valence electrons. The van der Waals surface area contributed by atoms with Crippen molar-refractivity contribution >= 4 is 41.0 Å². The molecule has 0 amide bonds. The van der Waals surface area contributed by atoms with Crippen molar-refractivity contribution in [3.63, 3.8) is 0 Å². The number of esters is 1. The molecule has 0 saturated heterocycles. The molecular formula is C16H11Cl2NO4. The Balaban J connectivity index is 2.20. The first-order chi connectivity index (χ1) is 10.9. The molecule has 2 aromatic rings. The van der Waals surface area contributed by atoms with Crippen molar-refractivity contribution in [1.29, 1.82) is 0 Å². The number of aryl methyl sites for hydroxylation is 1. The molecule has 1 N–H and O–H groups in total. The van der Waals surface area contributed by atoms with Crippen molar-refractivity contribution in [3.05, 3.63) is 61.0 Å². The maximum absolute atomic E-state index is 11.9. The number of aromatic nitrogens is 1. The van der Waals surface area contributed by atoms with Gasteiger partial charge in [-0.1, -0.05) is 23.2 Å². The molecular weight excluding hydrogens is 341 g/mol. The highest BCUT2D eigenvalue weighted by atomic mass is 35.5. The third-order valence-electron chi connectivity index (χ3n) is 3.41. The van der Waals surface area contributed by atoms with E-state index in [4.69, 9.17) is 32.7 Å². The molecule has 0 spiro atoms. The fourth-order valence-corrected chi connectivity index (χ4v) is 2.81. The Morgan fingerprint density at radius 2 is 2.00 bits per heavy atom. The number of rotatable bonds is 2. The lowest BCUT2D eigenvalue weighted by Gasteiger charge is -2.09. The number of halogens is 2. The van der Waals surface area contributed by atoms with Gasteiger partial charge < -0.3 is 14.5 Å². The second-order valence-corrected chi connectivity index (χ2v) is 5.74. The van der Waals surface area contributed by atoms with Crippen molar-refractivity contribution in [2.24, 2.45) is 0 Å². The molecule has 0 atom stereocenters. The topological polar surface area (TPSA) is 68.4 Å². The zero-order valence-electron chi connectivity index (χ0n) is 12.2. The van der Waals surface area contributed by atoms with Crippen LogP contribution >= 0.6 is 23.2 Å². The summed E-state index contributed by atoms with van der Waals surface area (Å²) in [5, 5.41) is 0.608. The highest BCUT2D eigenvalue weighted by Crippen LogP contribution is 2.38. The number of cyclic esters (lactones) is 1. The molecule has 0 fully saturated rings. The van der Waals surface area contributed by atoms with E-state index in [9.17, 15) is 9.59 Å². The molecule has 1 aliphatic heterocycles. The maximum Gasteiger partial charge on any atom is 0.349 e. The monoisotopic (exact) mass is 351 g/mol. The summed E-state index contributed by atoms with van der Waals surface area (Å²) in [5.41, 5.74) is 1.15. The summed E-state index contributed by atoms with van der Waals surface area (Å²) >= 11 is 12.1. The lowest BCUT2D eigenvalue weighted by Crippen LogP contribution is -2.16. The molecule has 0 bridgehead atoms. The summed E-state index contributed by atoms with van der Waals surface area (Å²) in [7, 11) is 1.46. The van der Waals surface area contributed by atoms with Crippen LogP contribution in [-0.4, -0.2) is 18.1 Å². The van der Waals surface area contributed by atoms with Crippen molar-refractivity contribution in [2.45, 2.75) is 6.92 Å². The standard InChI is InChI=1S/C16H11Cl2NO4/c1-7-5-9-11(23-16(21)12(9)15(20)19-7)6-8-3-4-10(17)13(18)14(8)22-2/h3-6H,1-2H3,(H,19,20). The second kappa shape index (κ2) is 5.76. The number of aromatic amines is 1. The van der Waals surface area contributed by atoms with E-state index in [0.29, 0.717) is 27.6 Å². The zero-order chi connectivity index (χ0) is 16.7. The van der Waals surface area contributed by atoms with E-state index < -0.39 is 11.5 Å². The van der Waals surface area contributed by atoms with Crippen molar-refractivity contribution in [3.8, 4) is 5.75 Å². The first-order valence-electron chi connectivity index (χ1n) is 6.62. The number of benzene rings is 1. The predicted octanol–water partition coefficient (Wildman–Crippen LogP) is 3.67. The van der Waals surface area contributed by atoms with Gasteiger partial charge in [0, 0.05) is 16.8 Å². The van der Waals surface area contributed by atoms with E-state index in [0.717, 1.165) is 0 Å². The number of methoxy groups -OCH3 is 1. The Morgan fingerprint density at radius 3 is 2.70 bits per heavy atom. The van der Waals surface area contributed by atoms with Gasteiger partial charge in [-0.25, -0.2) is 4.79 Å². The Bertz CT molecular complexity index is 915. The molecule has 0 radical (unpaired) electrons. The van der Waals surface area contributed by atoms with Crippen molar-refractivity contribution in [2.75, 3.05) is 7.11 Å². The molecule has 5 nitrogen and oxygen atoms in total. The minimum Gasteiger partial charge on any atom is -0.495 e. The average molecular weight is 352 g/mol. The van der Waals surface area contributed by atoms with Gasteiger partial charge in [0.15, 0.2) is 0 Å². The molecule has 1 aliphatic rings. The number of carbonyl (C=O) groups excluding carboxylic acids is 1. The molecule has 1 aromatic carbocycles. The fourth-order valence-electron chi connectivity index (χ4n) is 2.41. The first-order valence-corrected chi connectivity index (χ1v) is 7.38. The molecule has 23 heavy (non-hydrogen) atoms. The van der Waals surface area contributed by atoms with Gasteiger partial charge in [0.05, 0.1) is 12.1 Å². The van der Waals surface area contributed by atoms with Crippen LogP contribution in [0.4, 0.5) is 0 Å². The van der Waals surface area contributed by atoms with Crippen LogP contribution in [0, 0.1) is 6.92 Å². The quantitative estimate of drug-likeness (QED) is 0.838. The number of fused-ring (bicyclic) bond motifs is 1. The molecule has 0 saturated carbocycles. The summed E-state index contributed by atoms with van der Waals surface area (Å²) in [6.45, 7) is 1.72. The van der Waals surface area contributed by atoms with Gasteiger partial charge in [0.25, 0.3) is 5.56 Å². The van der Waals surface area contributed by atoms with E-state index in [1.807, 2.05) is 0 Å². The van der Waals surface area contributed by atoms with Crippen LogP contribution in [0.1, 0.15) is 27.2 Å². The highest BCUT2D eigenvalue weighted by molar-refractivity contribution is 6.43. The van der Waals surface area contributed by atoms with Gasteiger partial charge in [-0.05, 0) is 31.2 Å². The SMILES string of the molecule is COc1c(C=C2OC(=O)c3c2cc(C)[nH]c3=O)ccc(Cl)c1Cl. The molecule has 7 heteroatoms. The minimum atomic E-state index is -0.688. The number of H-pyrrole nitrogens is 1. The number of carbonyl (C=O) groups is 1. The third-order valence-corrected chi connectivity index (χ3v) is 4.20. The zero-order valence-corrected chi connectivity index (χ0v) is 13.7. The van der Waals surface area contributed by atoms with Crippen LogP contribution in [0.15, 0.2) is 23.0 Å². The van der Waals surface area contributed by atoms with E-state index >= 15 is 0 Å². The molecule has 3 rings (SSSR count). The molecule has 0 unspecified atom stereocenters. The van der Waals surface area contributed by atoms with Crippen LogP contribution in [0.3, 0.4) is 0 Å². The molecule has 2 heterocycles. The summed E-state index contributed by atoms with van der Waals surface area (Å²) in [5.74, 6) is -0.0693. The second-order valence-electron chi connectivity index (χ2n) is 4.95. The Labute approximate surface area is 141 Å². The Hall–Kier alpha value is -2.24. The number of hydrogen-bond donors (Lipinski definition) is 1. The van der Waals surface area contributed by atoms with Crippen molar-refractivity contribution < 1.29 is 14.3 Å². The smallest absolute Gasteiger partial charge is 0.349 e. The Kier molecular flexibility index (Phi) is 3.92. The van der Waals surface area contributed by atoms with Gasteiger partial charge in [-0.15, -0.1) is 0 Å². The molecule has 1 aromatic heterocycles. The fraction of sp³-hybridized carbons (Fsp3) is 0.125. The van der Waals surface area contributed by atoms with Crippen LogP contribution < -0.4 is 10.3 Å². The van der Waals surface area contributed by atoms with E-state index in [1.54, 1.807) is 31.2 Å². The first kappa shape index (κ1) is 15.6. The van der Waals surface area contributed by atoms with E-state index in [2.05, 4.69) is 4.98 Å². The summed E-state index contributed by atoms with van der Waals surface area (Å²) < 4.78 is 10.5. The van der Waals surface area contributed by atoms with Crippen LogP contribution in [0.25, 0.3) is 11.8 Å². The maximum atomic E-state index is 11.9. The van der Waals surface area contributed by atoms with Crippen LogP contribution in [0.2, 0.25) is 10.0 Å².